The third kappa shape index (κ3) is 4.11. The van der Waals surface area contributed by atoms with Crippen LogP contribution in [0, 0.1) is 10.1 Å². The minimum atomic E-state index is -0.448. The van der Waals surface area contributed by atoms with E-state index in [1.807, 2.05) is 54.6 Å². The lowest BCUT2D eigenvalue weighted by Crippen LogP contribution is -2.08. The van der Waals surface area contributed by atoms with Gasteiger partial charge in [-0.2, -0.15) is 0 Å². The summed E-state index contributed by atoms with van der Waals surface area (Å²) in [7, 11) is 0. The summed E-state index contributed by atoms with van der Waals surface area (Å²) < 4.78 is 0. The number of nitro groups is 1. The number of rotatable bonds is 5. The number of nitrogens with one attached hydrogen (secondary N) is 1. The highest BCUT2D eigenvalue weighted by atomic mass is 16.6. The molecule has 0 aromatic heterocycles. The number of allylic oxidation sites excluding steroid dienone is 2. The first-order valence-corrected chi connectivity index (χ1v) is 9.08. The van der Waals surface area contributed by atoms with Crippen LogP contribution in [0.25, 0.3) is 0 Å². The van der Waals surface area contributed by atoms with Crippen LogP contribution in [-0.4, -0.2) is 16.4 Å². The highest BCUT2D eigenvalue weighted by molar-refractivity contribution is 6.12. The third-order valence-corrected chi connectivity index (χ3v) is 4.56. The molecule has 1 heterocycles. The summed E-state index contributed by atoms with van der Waals surface area (Å²) in [4.78, 5) is 28.1. The lowest BCUT2D eigenvalue weighted by atomic mass is 10.0. The quantitative estimate of drug-likeness (QED) is 0.368. The summed E-state index contributed by atoms with van der Waals surface area (Å²) in [6.45, 7) is 0. The van der Waals surface area contributed by atoms with Crippen molar-refractivity contribution in [1.29, 1.82) is 0 Å². The van der Waals surface area contributed by atoms with Crippen LogP contribution in [0.2, 0.25) is 0 Å². The normalized spacial score (nSPS) is 12.7. The molecule has 1 aliphatic heterocycles. The molecule has 0 radical (unpaired) electrons. The van der Waals surface area contributed by atoms with Gasteiger partial charge in [0.05, 0.1) is 28.4 Å². The van der Waals surface area contributed by atoms with Crippen molar-refractivity contribution < 1.29 is 9.72 Å². The van der Waals surface area contributed by atoms with Crippen molar-refractivity contribution in [2.75, 3.05) is 5.32 Å². The van der Waals surface area contributed by atoms with Gasteiger partial charge in [-0.1, -0.05) is 60.7 Å². The van der Waals surface area contributed by atoms with Gasteiger partial charge in [0.15, 0.2) is 5.78 Å². The van der Waals surface area contributed by atoms with Crippen molar-refractivity contribution >= 4 is 28.6 Å². The van der Waals surface area contributed by atoms with Gasteiger partial charge in [0.25, 0.3) is 5.69 Å². The second kappa shape index (κ2) is 7.90. The molecule has 0 atom stereocenters. The zero-order valence-corrected chi connectivity index (χ0v) is 15.4. The van der Waals surface area contributed by atoms with Crippen molar-refractivity contribution in [3.63, 3.8) is 0 Å². The lowest BCUT2D eigenvalue weighted by Gasteiger charge is -2.10. The molecule has 0 saturated carbocycles. The number of hydrogen-bond donors (Lipinski definition) is 1. The molecule has 0 fully saturated rings. The summed E-state index contributed by atoms with van der Waals surface area (Å²) in [6.07, 6.45) is 1.98. The molecule has 0 saturated heterocycles. The first-order chi connectivity index (χ1) is 14.1. The van der Waals surface area contributed by atoms with Crippen molar-refractivity contribution in [3.05, 3.63) is 112 Å². The van der Waals surface area contributed by atoms with E-state index in [1.165, 1.54) is 12.1 Å². The second-order valence-corrected chi connectivity index (χ2v) is 6.58. The van der Waals surface area contributed by atoms with E-state index in [2.05, 4.69) is 10.3 Å². The fraction of sp³-hybridized carbons (Fsp3) is 0.0435. The number of carbonyl (C=O) groups excluding carboxylic acids is 1. The van der Waals surface area contributed by atoms with Crippen molar-refractivity contribution in [2.24, 2.45) is 4.99 Å². The van der Waals surface area contributed by atoms with Crippen LogP contribution in [0.3, 0.4) is 0 Å². The van der Waals surface area contributed by atoms with Crippen LogP contribution in [-0.2, 0) is 0 Å². The minimum absolute atomic E-state index is 0.0258. The summed E-state index contributed by atoms with van der Waals surface area (Å²) in [6, 6.07) is 23.1. The third-order valence-electron chi connectivity index (χ3n) is 4.56. The predicted molar refractivity (Wildman–Crippen MR) is 113 cm³/mol. The smallest absolute Gasteiger partial charge is 0.271 e. The fourth-order valence-corrected chi connectivity index (χ4v) is 3.12. The molecule has 0 spiro atoms. The SMILES string of the molecule is O=C(CC1=CC(c2ccccc2)=Nc2cc([N+](=O)[O-])ccc2N1)c1ccccc1. The number of hydrogen-bond acceptors (Lipinski definition) is 5. The predicted octanol–water partition coefficient (Wildman–Crippen LogP) is 5.30. The maximum atomic E-state index is 12.7. The second-order valence-electron chi connectivity index (χ2n) is 6.58. The van der Waals surface area contributed by atoms with Gasteiger partial charge < -0.3 is 5.32 Å². The number of carbonyl (C=O) groups is 1. The Morgan fingerprint density at radius 2 is 1.66 bits per heavy atom. The fourth-order valence-electron chi connectivity index (χ4n) is 3.12. The summed E-state index contributed by atoms with van der Waals surface area (Å²) in [5.74, 6) is -0.0258. The van der Waals surface area contributed by atoms with Gasteiger partial charge in [-0.05, 0) is 12.1 Å². The molecular formula is C23H17N3O3. The van der Waals surface area contributed by atoms with Crippen LogP contribution < -0.4 is 5.32 Å². The van der Waals surface area contributed by atoms with Crippen molar-refractivity contribution in [3.8, 4) is 0 Å². The summed E-state index contributed by atoms with van der Waals surface area (Å²) in [5.41, 5.74) is 3.83. The number of nitro benzene ring substituents is 1. The molecule has 0 amide bonds. The van der Waals surface area contributed by atoms with Gasteiger partial charge in [0.1, 0.15) is 0 Å². The number of anilines is 1. The van der Waals surface area contributed by atoms with E-state index in [4.69, 9.17) is 0 Å². The Morgan fingerprint density at radius 1 is 0.966 bits per heavy atom. The summed E-state index contributed by atoms with van der Waals surface area (Å²) in [5, 5.41) is 14.4. The average Bonchev–Trinajstić information content (AvgIpc) is 2.93. The molecule has 1 N–H and O–H groups in total. The zero-order chi connectivity index (χ0) is 20.2. The van der Waals surface area contributed by atoms with E-state index < -0.39 is 4.92 Å². The van der Waals surface area contributed by atoms with Crippen molar-refractivity contribution in [2.45, 2.75) is 6.42 Å². The molecule has 6 nitrogen and oxygen atoms in total. The number of Topliss-reactive ketones (excluding diaryl/α,β-unsaturated/α-hetero) is 1. The number of benzene rings is 3. The molecule has 3 aromatic carbocycles. The van der Waals surface area contributed by atoms with E-state index in [-0.39, 0.29) is 17.9 Å². The molecule has 3 aromatic rings. The van der Waals surface area contributed by atoms with Crippen LogP contribution in [0.4, 0.5) is 17.1 Å². The van der Waals surface area contributed by atoms with Crippen LogP contribution in [0.5, 0.6) is 0 Å². The molecule has 0 aliphatic carbocycles. The highest BCUT2D eigenvalue weighted by Crippen LogP contribution is 2.34. The van der Waals surface area contributed by atoms with E-state index in [1.54, 1.807) is 18.2 Å². The van der Waals surface area contributed by atoms with E-state index in [0.717, 1.165) is 5.56 Å². The van der Waals surface area contributed by atoms with Gasteiger partial charge in [-0.3, -0.25) is 14.9 Å². The Bertz CT molecular complexity index is 1140. The molecule has 29 heavy (non-hydrogen) atoms. The van der Waals surface area contributed by atoms with Gasteiger partial charge in [0.2, 0.25) is 0 Å². The Morgan fingerprint density at radius 3 is 2.34 bits per heavy atom. The van der Waals surface area contributed by atoms with Crippen LogP contribution in [0.1, 0.15) is 22.3 Å². The highest BCUT2D eigenvalue weighted by Gasteiger charge is 2.18. The number of non-ortho nitro benzene ring substituents is 1. The lowest BCUT2D eigenvalue weighted by molar-refractivity contribution is -0.384. The molecule has 1 aliphatic rings. The maximum Gasteiger partial charge on any atom is 0.271 e. The molecule has 6 heteroatoms. The molecule has 142 valence electrons. The molecular weight excluding hydrogens is 366 g/mol. The molecule has 0 unspecified atom stereocenters. The first-order valence-electron chi connectivity index (χ1n) is 9.08. The number of nitrogens with zero attached hydrogens (tertiary/aromatic N) is 2. The minimum Gasteiger partial charge on any atom is -0.357 e. The zero-order valence-electron chi connectivity index (χ0n) is 15.4. The van der Waals surface area contributed by atoms with Crippen LogP contribution in [0.15, 0.2) is 95.6 Å². The van der Waals surface area contributed by atoms with E-state index in [0.29, 0.717) is 28.3 Å². The van der Waals surface area contributed by atoms with Gasteiger partial charge >= 0.3 is 0 Å². The Balaban J connectivity index is 1.75. The Kier molecular flexibility index (Phi) is 4.99. The van der Waals surface area contributed by atoms with Gasteiger partial charge in [-0.25, -0.2) is 4.99 Å². The van der Waals surface area contributed by atoms with Gasteiger partial charge in [0, 0.05) is 29.0 Å². The van der Waals surface area contributed by atoms with Crippen LogP contribution >= 0.6 is 0 Å². The van der Waals surface area contributed by atoms with E-state index >= 15 is 0 Å². The number of aliphatic imine (C=N–C) groups is 1. The maximum absolute atomic E-state index is 12.7. The van der Waals surface area contributed by atoms with Crippen molar-refractivity contribution in [1.82, 2.24) is 0 Å². The largest absolute Gasteiger partial charge is 0.357 e. The van der Waals surface area contributed by atoms with Gasteiger partial charge in [-0.15, -0.1) is 0 Å². The summed E-state index contributed by atoms with van der Waals surface area (Å²) >= 11 is 0. The first kappa shape index (κ1) is 18.3. The molecule has 0 bridgehead atoms. The Hall–Kier alpha value is -4.06. The van der Waals surface area contributed by atoms with E-state index in [9.17, 15) is 14.9 Å². The monoisotopic (exact) mass is 383 g/mol. The number of fused-ring (bicyclic) bond motifs is 1. The number of ketones is 1. The molecule has 4 rings (SSSR count). The standard InChI is InChI=1S/C23H17N3O3/c27-23(17-9-5-2-6-10-17)14-18-13-21(16-7-3-1-4-8-16)25-22-15-19(26(28)29)11-12-20(22)24-18/h1-13,15,24H,14H2. The topological polar surface area (TPSA) is 84.6 Å². The Labute approximate surface area is 167 Å². The average molecular weight is 383 g/mol.